The number of likely N-dealkylation sites (tertiary alicyclic amines) is 1. The van der Waals surface area contributed by atoms with Gasteiger partial charge in [0.15, 0.2) is 0 Å². The average Bonchev–Trinajstić information content (AvgIpc) is 2.64. The summed E-state index contributed by atoms with van der Waals surface area (Å²) < 4.78 is 0.621. The predicted molar refractivity (Wildman–Crippen MR) is 60.5 cm³/mol. The molecule has 1 aliphatic rings. The Balaban J connectivity index is 2.07. The number of hydrogen-bond acceptors (Lipinski definition) is 3. The van der Waals surface area contributed by atoms with Crippen LogP contribution in [0.1, 0.15) is 22.5 Å². The molecular weight excluding hydrogens is 234 g/mol. The van der Waals surface area contributed by atoms with E-state index in [1.807, 2.05) is 0 Å². The minimum absolute atomic E-state index is 0.0225. The molecule has 2 heterocycles. The second-order valence-corrected chi connectivity index (χ2v) is 5.37. The molecule has 1 fully saturated rings. The van der Waals surface area contributed by atoms with Gasteiger partial charge in [0, 0.05) is 13.1 Å². The monoisotopic (exact) mass is 245 g/mol. The zero-order valence-electron chi connectivity index (χ0n) is 8.15. The molecule has 1 N–H and O–H groups in total. The van der Waals surface area contributed by atoms with Gasteiger partial charge in [-0.1, -0.05) is 11.6 Å². The lowest BCUT2D eigenvalue weighted by Gasteiger charge is -2.29. The number of rotatable bonds is 1. The predicted octanol–water partition coefficient (Wildman–Crippen LogP) is 2.00. The van der Waals surface area contributed by atoms with Gasteiger partial charge in [-0.2, -0.15) is 0 Å². The molecule has 0 spiro atoms. The molecule has 82 valence electrons. The maximum atomic E-state index is 11.9. The Morgan fingerprint density at radius 3 is 3.00 bits per heavy atom. The highest BCUT2D eigenvalue weighted by molar-refractivity contribution is 7.17. The Morgan fingerprint density at radius 1 is 1.60 bits per heavy atom. The molecule has 0 aromatic carbocycles. The summed E-state index contributed by atoms with van der Waals surface area (Å²) in [6.07, 6.45) is 1.28. The molecule has 1 amide bonds. The van der Waals surface area contributed by atoms with Crippen LogP contribution in [0.25, 0.3) is 0 Å². The Labute approximate surface area is 97.3 Å². The van der Waals surface area contributed by atoms with E-state index in [4.69, 9.17) is 11.6 Å². The number of thiophene rings is 1. The number of β-amino-alcohol motifs (C(OH)–C–C–N with tert-alkyl or cyclic N) is 1. The topological polar surface area (TPSA) is 40.5 Å². The van der Waals surface area contributed by atoms with Crippen LogP contribution in [0.15, 0.2) is 12.1 Å². The highest BCUT2D eigenvalue weighted by Gasteiger charge is 2.23. The van der Waals surface area contributed by atoms with Crippen molar-refractivity contribution in [1.82, 2.24) is 4.90 Å². The van der Waals surface area contributed by atoms with Crippen LogP contribution >= 0.6 is 22.9 Å². The highest BCUT2D eigenvalue weighted by atomic mass is 35.5. The van der Waals surface area contributed by atoms with Gasteiger partial charge >= 0.3 is 0 Å². The minimum atomic E-state index is -0.377. The van der Waals surface area contributed by atoms with Crippen molar-refractivity contribution in [2.45, 2.75) is 18.9 Å². The van der Waals surface area contributed by atoms with Crippen molar-refractivity contribution in [3.05, 3.63) is 21.3 Å². The molecule has 0 bridgehead atoms. The normalized spacial score (nSPS) is 21.7. The molecule has 1 aromatic rings. The summed E-state index contributed by atoms with van der Waals surface area (Å²) in [6, 6.07) is 3.45. The SMILES string of the molecule is O=C(c1ccc(Cl)s1)N1CCCC(O)C1. The molecule has 1 unspecified atom stereocenters. The van der Waals surface area contributed by atoms with Gasteiger partial charge in [-0.3, -0.25) is 4.79 Å². The van der Waals surface area contributed by atoms with E-state index in [1.54, 1.807) is 17.0 Å². The van der Waals surface area contributed by atoms with Crippen LogP contribution in [0.2, 0.25) is 4.34 Å². The third-order valence-corrected chi connectivity index (χ3v) is 3.69. The quantitative estimate of drug-likeness (QED) is 0.822. The second kappa shape index (κ2) is 4.51. The van der Waals surface area contributed by atoms with E-state index in [0.29, 0.717) is 15.8 Å². The lowest BCUT2D eigenvalue weighted by molar-refractivity contribution is 0.0478. The fourth-order valence-electron chi connectivity index (χ4n) is 1.72. The van der Waals surface area contributed by atoms with Crippen molar-refractivity contribution in [2.75, 3.05) is 13.1 Å². The Kier molecular flexibility index (Phi) is 3.29. The van der Waals surface area contributed by atoms with Crippen molar-refractivity contribution in [3.8, 4) is 0 Å². The van der Waals surface area contributed by atoms with Gasteiger partial charge < -0.3 is 10.0 Å². The van der Waals surface area contributed by atoms with Crippen molar-refractivity contribution in [1.29, 1.82) is 0 Å². The van der Waals surface area contributed by atoms with Crippen LogP contribution < -0.4 is 0 Å². The first-order chi connectivity index (χ1) is 7.16. The molecule has 2 rings (SSSR count). The first-order valence-corrected chi connectivity index (χ1v) is 6.09. The maximum Gasteiger partial charge on any atom is 0.264 e. The van der Waals surface area contributed by atoms with Gasteiger partial charge in [0.05, 0.1) is 15.3 Å². The second-order valence-electron chi connectivity index (χ2n) is 3.65. The van der Waals surface area contributed by atoms with Crippen LogP contribution in [-0.2, 0) is 0 Å². The van der Waals surface area contributed by atoms with Gasteiger partial charge in [-0.05, 0) is 25.0 Å². The van der Waals surface area contributed by atoms with Crippen LogP contribution in [0.5, 0.6) is 0 Å². The molecule has 3 nitrogen and oxygen atoms in total. The maximum absolute atomic E-state index is 11.9. The van der Waals surface area contributed by atoms with Gasteiger partial charge in [-0.25, -0.2) is 0 Å². The van der Waals surface area contributed by atoms with Gasteiger partial charge in [0.2, 0.25) is 0 Å². The summed E-state index contributed by atoms with van der Waals surface area (Å²) in [5.74, 6) is -0.0225. The molecule has 1 aromatic heterocycles. The van der Waals surface area contributed by atoms with Crippen molar-refractivity contribution in [3.63, 3.8) is 0 Å². The summed E-state index contributed by atoms with van der Waals surface area (Å²) in [5.41, 5.74) is 0. The lowest BCUT2D eigenvalue weighted by atomic mass is 10.1. The van der Waals surface area contributed by atoms with E-state index in [0.717, 1.165) is 19.4 Å². The number of nitrogens with zero attached hydrogens (tertiary/aromatic N) is 1. The molecule has 0 aliphatic carbocycles. The number of carbonyl (C=O) groups is 1. The summed E-state index contributed by atoms with van der Waals surface area (Å²) in [5, 5.41) is 9.46. The van der Waals surface area contributed by atoms with Crippen LogP contribution in [0, 0.1) is 0 Å². The number of amides is 1. The van der Waals surface area contributed by atoms with E-state index >= 15 is 0 Å². The third-order valence-electron chi connectivity index (χ3n) is 2.47. The lowest BCUT2D eigenvalue weighted by Crippen LogP contribution is -2.41. The molecule has 1 atom stereocenters. The smallest absolute Gasteiger partial charge is 0.264 e. The fraction of sp³-hybridized carbons (Fsp3) is 0.500. The molecule has 0 saturated carbocycles. The molecular formula is C10H12ClNO2S. The van der Waals surface area contributed by atoms with Gasteiger partial charge in [0.1, 0.15) is 0 Å². The molecule has 1 saturated heterocycles. The van der Waals surface area contributed by atoms with Crippen molar-refractivity contribution >= 4 is 28.8 Å². The summed E-state index contributed by atoms with van der Waals surface area (Å²) in [6.45, 7) is 1.17. The molecule has 15 heavy (non-hydrogen) atoms. The fourth-order valence-corrected chi connectivity index (χ4v) is 2.74. The number of halogens is 1. The number of hydrogen-bond donors (Lipinski definition) is 1. The first-order valence-electron chi connectivity index (χ1n) is 4.89. The summed E-state index contributed by atoms with van der Waals surface area (Å²) in [7, 11) is 0. The average molecular weight is 246 g/mol. The number of aliphatic hydroxyl groups excluding tert-OH is 1. The van der Waals surface area contributed by atoms with Crippen LogP contribution in [-0.4, -0.2) is 35.1 Å². The highest BCUT2D eigenvalue weighted by Crippen LogP contribution is 2.23. The van der Waals surface area contributed by atoms with Crippen molar-refractivity contribution < 1.29 is 9.90 Å². The number of aliphatic hydroxyl groups is 1. The Hall–Kier alpha value is -0.580. The van der Waals surface area contributed by atoms with Crippen LogP contribution in [0.4, 0.5) is 0 Å². The Morgan fingerprint density at radius 2 is 2.40 bits per heavy atom. The van der Waals surface area contributed by atoms with Crippen LogP contribution in [0.3, 0.4) is 0 Å². The summed E-state index contributed by atoms with van der Waals surface area (Å²) >= 11 is 7.05. The molecule has 1 aliphatic heterocycles. The van der Waals surface area contributed by atoms with Gasteiger partial charge in [-0.15, -0.1) is 11.3 Å². The molecule has 5 heteroatoms. The zero-order chi connectivity index (χ0) is 10.8. The zero-order valence-corrected chi connectivity index (χ0v) is 9.72. The van der Waals surface area contributed by atoms with Crippen molar-refractivity contribution in [2.24, 2.45) is 0 Å². The number of carbonyl (C=O) groups excluding carboxylic acids is 1. The first kappa shape index (κ1) is 10.9. The van der Waals surface area contributed by atoms with E-state index in [1.165, 1.54) is 11.3 Å². The standard InChI is InChI=1S/C10H12ClNO2S/c11-9-4-3-8(15-9)10(14)12-5-1-2-7(13)6-12/h3-4,7,13H,1-2,5-6H2. The Bertz CT molecular complexity index is 366. The van der Waals surface area contributed by atoms with E-state index in [-0.39, 0.29) is 12.0 Å². The van der Waals surface area contributed by atoms with E-state index < -0.39 is 0 Å². The molecule has 0 radical (unpaired) electrons. The van der Waals surface area contributed by atoms with Gasteiger partial charge in [0.25, 0.3) is 5.91 Å². The van der Waals surface area contributed by atoms with E-state index in [9.17, 15) is 9.90 Å². The minimum Gasteiger partial charge on any atom is -0.391 e. The van der Waals surface area contributed by atoms with E-state index in [2.05, 4.69) is 0 Å². The number of piperidine rings is 1. The third kappa shape index (κ3) is 2.51. The largest absolute Gasteiger partial charge is 0.391 e. The summed E-state index contributed by atoms with van der Waals surface area (Å²) in [4.78, 5) is 14.3.